The summed E-state index contributed by atoms with van der Waals surface area (Å²) in [6.07, 6.45) is 8.11. The predicted octanol–water partition coefficient (Wildman–Crippen LogP) is 4.75. The van der Waals surface area contributed by atoms with Crippen molar-refractivity contribution in [2.75, 3.05) is 0 Å². The van der Waals surface area contributed by atoms with Gasteiger partial charge in [0.15, 0.2) is 0 Å². The van der Waals surface area contributed by atoms with Crippen LogP contribution in [0.2, 0.25) is 0 Å². The molecule has 1 aromatic carbocycles. The van der Waals surface area contributed by atoms with Gasteiger partial charge in [-0.3, -0.25) is 0 Å². The first-order valence-corrected chi connectivity index (χ1v) is 6.45. The van der Waals surface area contributed by atoms with E-state index in [4.69, 9.17) is 0 Å². The van der Waals surface area contributed by atoms with Crippen LogP contribution in [0.3, 0.4) is 0 Å². The lowest BCUT2D eigenvalue weighted by atomic mass is 10.0. The Kier molecular flexibility index (Phi) is 6.06. The van der Waals surface area contributed by atoms with E-state index in [1.165, 1.54) is 11.1 Å². The summed E-state index contributed by atoms with van der Waals surface area (Å²) in [5, 5.41) is 3.03. The first-order valence-electron chi connectivity index (χ1n) is 6.45. The Morgan fingerprint density at radius 2 is 2.00 bits per heavy atom. The number of nitrogens with zero attached hydrogens (tertiary/aromatic N) is 1. The van der Waals surface area contributed by atoms with Crippen LogP contribution in [0.4, 0.5) is 0 Å². The van der Waals surface area contributed by atoms with Crippen LogP contribution in [0, 0.1) is 4.91 Å². The third-order valence-corrected chi connectivity index (χ3v) is 2.77. The molecule has 0 aromatic heterocycles. The molecule has 0 aliphatic carbocycles. The SMILES string of the molecule is C/C=C\C(=C/CC)c1ccc(CC(C)N=O)cc1. The zero-order valence-electron chi connectivity index (χ0n) is 11.4. The lowest BCUT2D eigenvalue weighted by Gasteiger charge is -2.06. The first-order chi connectivity index (χ1) is 8.71. The van der Waals surface area contributed by atoms with Crippen molar-refractivity contribution in [3.63, 3.8) is 0 Å². The lowest BCUT2D eigenvalue weighted by molar-refractivity contribution is 0.734. The molecule has 0 fully saturated rings. The van der Waals surface area contributed by atoms with E-state index in [0.29, 0.717) is 6.42 Å². The highest BCUT2D eigenvalue weighted by Gasteiger charge is 2.03. The highest BCUT2D eigenvalue weighted by atomic mass is 16.3. The van der Waals surface area contributed by atoms with Crippen molar-refractivity contribution in [3.8, 4) is 0 Å². The summed E-state index contributed by atoms with van der Waals surface area (Å²) in [6, 6.07) is 8.20. The molecule has 0 radical (unpaired) electrons. The Morgan fingerprint density at radius 3 is 2.50 bits per heavy atom. The largest absolute Gasteiger partial charge is 0.151 e. The van der Waals surface area contributed by atoms with Crippen LogP contribution in [-0.2, 0) is 6.42 Å². The van der Waals surface area contributed by atoms with Crippen LogP contribution < -0.4 is 0 Å². The smallest absolute Gasteiger partial charge is 0.0931 e. The van der Waals surface area contributed by atoms with Crippen LogP contribution in [-0.4, -0.2) is 6.04 Å². The molecule has 0 N–H and O–H groups in total. The van der Waals surface area contributed by atoms with Gasteiger partial charge in [0.2, 0.25) is 0 Å². The molecule has 0 aliphatic heterocycles. The topological polar surface area (TPSA) is 29.4 Å². The van der Waals surface area contributed by atoms with E-state index >= 15 is 0 Å². The van der Waals surface area contributed by atoms with Gasteiger partial charge in [0.05, 0.1) is 6.04 Å². The predicted molar refractivity (Wildman–Crippen MR) is 78.5 cm³/mol. The molecule has 18 heavy (non-hydrogen) atoms. The van der Waals surface area contributed by atoms with Crippen LogP contribution in [0.15, 0.2) is 47.7 Å². The quantitative estimate of drug-likeness (QED) is 0.523. The minimum atomic E-state index is -0.156. The molecule has 0 saturated heterocycles. The van der Waals surface area contributed by atoms with Crippen LogP contribution in [0.1, 0.15) is 38.3 Å². The highest BCUT2D eigenvalue weighted by Crippen LogP contribution is 2.18. The van der Waals surface area contributed by atoms with Gasteiger partial charge in [0.1, 0.15) is 0 Å². The van der Waals surface area contributed by atoms with Crippen molar-refractivity contribution in [1.82, 2.24) is 0 Å². The average molecular weight is 243 g/mol. The second-order valence-electron chi connectivity index (χ2n) is 4.42. The molecular formula is C16H21NO. The number of nitroso groups, excluding NO2 is 1. The molecule has 0 saturated carbocycles. The summed E-state index contributed by atoms with van der Waals surface area (Å²) in [7, 11) is 0. The van der Waals surface area contributed by atoms with Crippen LogP contribution in [0.5, 0.6) is 0 Å². The Bertz CT molecular complexity index is 429. The van der Waals surface area contributed by atoms with Crippen molar-refractivity contribution >= 4 is 5.57 Å². The van der Waals surface area contributed by atoms with Crippen molar-refractivity contribution in [2.45, 2.75) is 39.7 Å². The number of hydrogen-bond donors (Lipinski definition) is 0. The second-order valence-corrected chi connectivity index (χ2v) is 4.42. The Balaban J connectivity index is 2.87. The standard InChI is InChI=1S/C16H21NO/c1-4-6-15(7-5-2)16-10-8-14(9-11-16)12-13(3)17-18/h4,6-11,13H,5,12H2,1-3H3/b6-4-,15-7+. The lowest BCUT2D eigenvalue weighted by Crippen LogP contribution is -2.01. The summed E-state index contributed by atoms with van der Waals surface area (Å²) in [4.78, 5) is 10.4. The maximum Gasteiger partial charge on any atom is 0.0931 e. The van der Waals surface area contributed by atoms with Crippen molar-refractivity contribution in [3.05, 3.63) is 58.5 Å². The first kappa shape index (κ1) is 14.4. The number of hydrogen-bond acceptors (Lipinski definition) is 2. The van der Waals surface area contributed by atoms with Crippen molar-refractivity contribution < 1.29 is 0 Å². The van der Waals surface area contributed by atoms with E-state index in [9.17, 15) is 4.91 Å². The molecule has 1 rings (SSSR count). The van der Waals surface area contributed by atoms with Crippen LogP contribution >= 0.6 is 0 Å². The maximum absolute atomic E-state index is 10.4. The van der Waals surface area contributed by atoms with Gasteiger partial charge in [-0.1, -0.05) is 54.6 Å². The summed E-state index contributed by atoms with van der Waals surface area (Å²) >= 11 is 0. The zero-order chi connectivity index (χ0) is 13.4. The van der Waals surface area contributed by atoms with Crippen molar-refractivity contribution in [1.29, 1.82) is 0 Å². The molecule has 2 nitrogen and oxygen atoms in total. The highest BCUT2D eigenvalue weighted by molar-refractivity contribution is 5.73. The zero-order valence-corrected chi connectivity index (χ0v) is 11.4. The molecule has 0 aliphatic rings. The van der Waals surface area contributed by atoms with Gasteiger partial charge in [0, 0.05) is 0 Å². The van der Waals surface area contributed by atoms with Gasteiger partial charge >= 0.3 is 0 Å². The van der Waals surface area contributed by atoms with Gasteiger partial charge in [-0.05, 0) is 43.4 Å². The number of allylic oxidation sites excluding steroid dienone is 4. The van der Waals surface area contributed by atoms with E-state index in [0.717, 1.165) is 12.0 Å². The summed E-state index contributed by atoms with van der Waals surface area (Å²) < 4.78 is 0. The fraction of sp³-hybridized carbons (Fsp3) is 0.375. The van der Waals surface area contributed by atoms with E-state index < -0.39 is 0 Å². The van der Waals surface area contributed by atoms with Crippen LogP contribution in [0.25, 0.3) is 5.57 Å². The van der Waals surface area contributed by atoms with Gasteiger partial charge in [0.25, 0.3) is 0 Å². The fourth-order valence-corrected chi connectivity index (χ4v) is 1.89. The number of rotatable bonds is 6. The molecule has 0 heterocycles. The molecule has 1 aromatic rings. The molecule has 96 valence electrons. The minimum Gasteiger partial charge on any atom is -0.151 e. The molecule has 1 atom stereocenters. The van der Waals surface area contributed by atoms with Crippen molar-refractivity contribution in [2.24, 2.45) is 5.18 Å². The normalized spacial score (nSPS) is 13.8. The van der Waals surface area contributed by atoms with E-state index in [2.05, 4.69) is 48.5 Å². The molecule has 2 heteroatoms. The fourth-order valence-electron chi connectivity index (χ4n) is 1.89. The third-order valence-electron chi connectivity index (χ3n) is 2.77. The van der Waals surface area contributed by atoms with Gasteiger partial charge in [-0.2, -0.15) is 4.91 Å². The Labute approximate surface area is 109 Å². The average Bonchev–Trinajstić information content (AvgIpc) is 2.39. The molecule has 0 amide bonds. The second kappa shape index (κ2) is 7.59. The monoisotopic (exact) mass is 243 g/mol. The summed E-state index contributed by atoms with van der Waals surface area (Å²) in [5.41, 5.74) is 3.61. The Hall–Kier alpha value is -1.70. The Morgan fingerprint density at radius 1 is 1.33 bits per heavy atom. The van der Waals surface area contributed by atoms with E-state index in [1.54, 1.807) is 0 Å². The molecular weight excluding hydrogens is 222 g/mol. The number of benzene rings is 1. The van der Waals surface area contributed by atoms with Gasteiger partial charge in [-0.25, -0.2) is 0 Å². The molecule has 1 unspecified atom stereocenters. The summed E-state index contributed by atoms with van der Waals surface area (Å²) in [6.45, 7) is 5.99. The van der Waals surface area contributed by atoms with E-state index in [1.807, 2.05) is 19.9 Å². The minimum absolute atomic E-state index is 0.156. The maximum atomic E-state index is 10.4. The van der Waals surface area contributed by atoms with Gasteiger partial charge in [-0.15, -0.1) is 0 Å². The third kappa shape index (κ3) is 4.28. The molecule has 0 bridgehead atoms. The van der Waals surface area contributed by atoms with E-state index in [-0.39, 0.29) is 6.04 Å². The van der Waals surface area contributed by atoms with Gasteiger partial charge < -0.3 is 0 Å². The molecule has 0 spiro atoms. The summed E-state index contributed by atoms with van der Waals surface area (Å²) in [5.74, 6) is 0.